The topological polar surface area (TPSA) is 77.1 Å². The fraction of sp³-hybridized carbons (Fsp3) is 0.0769. The van der Waals surface area contributed by atoms with Crippen LogP contribution in [0.15, 0.2) is 34.6 Å². The lowest BCUT2D eigenvalue weighted by molar-refractivity contribution is 0.0957. The lowest BCUT2D eigenvalue weighted by Gasteiger charge is -2.05. The molecule has 1 amide bonds. The van der Waals surface area contributed by atoms with Crippen LogP contribution in [-0.2, 0) is 6.54 Å². The van der Waals surface area contributed by atoms with Gasteiger partial charge in [-0.15, -0.1) is 11.3 Å². The molecule has 0 atom stereocenters. The zero-order valence-corrected chi connectivity index (χ0v) is 12.3. The van der Waals surface area contributed by atoms with Crippen molar-refractivity contribution in [2.45, 2.75) is 6.54 Å². The second-order valence-corrected chi connectivity index (χ2v) is 6.20. The van der Waals surface area contributed by atoms with E-state index >= 15 is 0 Å². The van der Waals surface area contributed by atoms with E-state index in [-0.39, 0.29) is 11.4 Å². The number of carbonyl (C=O) groups is 1. The van der Waals surface area contributed by atoms with Gasteiger partial charge in [-0.25, -0.2) is 10.2 Å². The minimum absolute atomic E-state index is 0.131. The van der Waals surface area contributed by atoms with Crippen LogP contribution in [0.4, 0.5) is 4.39 Å². The van der Waals surface area contributed by atoms with Crippen LogP contribution in [0.1, 0.15) is 15.2 Å². The Kier molecular flexibility index (Phi) is 3.58. The molecule has 0 fully saturated rings. The largest absolute Gasteiger partial charge is 0.307 e. The summed E-state index contributed by atoms with van der Waals surface area (Å²) in [7, 11) is 0. The third kappa shape index (κ3) is 2.37. The number of nitrogen functional groups attached to an aromatic ring is 1. The number of nitrogens with one attached hydrogen (secondary N) is 1. The Balaban J connectivity index is 2.24. The first kappa shape index (κ1) is 13.9. The summed E-state index contributed by atoms with van der Waals surface area (Å²) < 4.78 is 16.2. The van der Waals surface area contributed by atoms with Crippen molar-refractivity contribution in [2.24, 2.45) is 5.84 Å². The van der Waals surface area contributed by atoms with Crippen LogP contribution in [0.2, 0.25) is 0 Å². The quantitative estimate of drug-likeness (QED) is 0.439. The average Bonchev–Trinajstić information content (AvgIpc) is 3.04. The van der Waals surface area contributed by atoms with Crippen molar-refractivity contribution in [1.82, 2.24) is 9.99 Å². The van der Waals surface area contributed by atoms with Gasteiger partial charge in [0.1, 0.15) is 5.82 Å². The standard InChI is InChI=1S/C13H10FN3O2S2/c14-8-2-1-3-9-10(8)7(11(21-9)12(18)16-15)6-17-4-5-20-13(17)19/h1-5H,6,15H2,(H,16,18). The van der Waals surface area contributed by atoms with Crippen LogP contribution in [0.25, 0.3) is 10.1 Å². The van der Waals surface area contributed by atoms with E-state index in [2.05, 4.69) is 5.43 Å². The van der Waals surface area contributed by atoms with Crippen LogP contribution in [-0.4, -0.2) is 10.5 Å². The highest BCUT2D eigenvalue weighted by molar-refractivity contribution is 7.21. The first-order chi connectivity index (χ1) is 10.1. The van der Waals surface area contributed by atoms with E-state index in [1.807, 2.05) is 0 Å². The Morgan fingerprint density at radius 3 is 2.90 bits per heavy atom. The molecule has 0 saturated heterocycles. The van der Waals surface area contributed by atoms with Crippen molar-refractivity contribution < 1.29 is 9.18 Å². The van der Waals surface area contributed by atoms with Gasteiger partial charge in [0, 0.05) is 27.2 Å². The molecular weight excluding hydrogens is 313 g/mol. The number of nitrogens with two attached hydrogens (primary N) is 1. The minimum Gasteiger partial charge on any atom is -0.301 e. The maximum atomic E-state index is 14.1. The van der Waals surface area contributed by atoms with Gasteiger partial charge in [-0.3, -0.25) is 15.0 Å². The number of hydrazine groups is 1. The number of aromatic nitrogens is 1. The number of halogens is 1. The Hall–Kier alpha value is -2.03. The number of fused-ring (bicyclic) bond motifs is 1. The number of thiophene rings is 1. The minimum atomic E-state index is -0.492. The lowest BCUT2D eigenvalue weighted by Crippen LogP contribution is -2.30. The van der Waals surface area contributed by atoms with E-state index in [9.17, 15) is 14.0 Å². The third-order valence-electron chi connectivity index (χ3n) is 3.07. The van der Waals surface area contributed by atoms with E-state index in [0.717, 1.165) is 22.7 Å². The van der Waals surface area contributed by atoms with E-state index < -0.39 is 11.7 Å². The van der Waals surface area contributed by atoms with Crippen LogP contribution in [0.5, 0.6) is 0 Å². The maximum Gasteiger partial charge on any atom is 0.307 e. The number of carbonyl (C=O) groups excluding carboxylic acids is 1. The van der Waals surface area contributed by atoms with Gasteiger partial charge in [-0.1, -0.05) is 17.4 Å². The molecule has 3 rings (SSSR count). The lowest BCUT2D eigenvalue weighted by atomic mass is 10.1. The monoisotopic (exact) mass is 323 g/mol. The summed E-state index contributed by atoms with van der Waals surface area (Å²) in [5.74, 6) is 4.27. The summed E-state index contributed by atoms with van der Waals surface area (Å²) in [4.78, 5) is 23.7. The second kappa shape index (κ2) is 5.40. The van der Waals surface area contributed by atoms with Gasteiger partial charge >= 0.3 is 4.87 Å². The van der Waals surface area contributed by atoms with Gasteiger partial charge in [-0.2, -0.15) is 0 Å². The zero-order valence-electron chi connectivity index (χ0n) is 10.6. The fourth-order valence-electron chi connectivity index (χ4n) is 2.15. The van der Waals surface area contributed by atoms with Gasteiger partial charge in [0.15, 0.2) is 0 Å². The molecule has 3 aromatic rings. The molecule has 8 heteroatoms. The molecule has 5 nitrogen and oxygen atoms in total. The predicted molar refractivity (Wildman–Crippen MR) is 81.1 cm³/mol. The number of hydrogen-bond donors (Lipinski definition) is 2. The van der Waals surface area contributed by atoms with Gasteiger partial charge in [0.2, 0.25) is 0 Å². The fourth-order valence-corrected chi connectivity index (χ4v) is 3.86. The van der Waals surface area contributed by atoms with E-state index in [1.165, 1.54) is 10.6 Å². The summed E-state index contributed by atoms with van der Waals surface area (Å²) >= 11 is 2.20. The van der Waals surface area contributed by atoms with Crippen molar-refractivity contribution in [3.8, 4) is 0 Å². The molecule has 0 aliphatic heterocycles. The predicted octanol–water partition coefficient (Wildman–Crippen LogP) is 1.92. The summed E-state index contributed by atoms with van der Waals surface area (Å²) in [6, 6.07) is 4.65. The molecule has 2 aromatic heterocycles. The Morgan fingerprint density at radius 1 is 1.43 bits per heavy atom. The van der Waals surface area contributed by atoms with Crippen LogP contribution in [0.3, 0.4) is 0 Å². The normalized spacial score (nSPS) is 11.0. The van der Waals surface area contributed by atoms with Crippen molar-refractivity contribution in [3.63, 3.8) is 0 Å². The maximum absolute atomic E-state index is 14.1. The average molecular weight is 323 g/mol. The molecular formula is C13H10FN3O2S2. The van der Waals surface area contributed by atoms with Crippen molar-refractivity contribution in [1.29, 1.82) is 0 Å². The molecule has 3 N–H and O–H groups in total. The molecule has 0 radical (unpaired) electrons. The number of amides is 1. The van der Waals surface area contributed by atoms with Crippen LogP contribution >= 0.6 is 22.7 Å². The van der Waals surface area contributed by atoms with Crippen molar-refractivity contribution >= 4 is 38.7 Å². The first-order valence-electron chi connectivity index (χ1n) is 5.96. The summed E-state index contributed by atoms with van der Waals surface area (Å²) in [6.45, 7) is 0.131. The number of nitrogens with zero attached hydrogens (tertiary/aromatic N) is 1. The molecule has 1 aromatic carbocycles. The second-order valence-electron chi connectivity index (χ2n) is 4.29. The molecule has 0 aliphatic rings. The van der Waals surface area contributed by atoms with E-state index in [4.69, 9.17) is 5.84 Å². The van der Waals surface area contributed by atoms with Gasteiger partial charge < -0.3 is 4.57 Å². The Morgan fingerprint density at radius 2 is 2.24 bits per heavy atom. The molecule has 0 unspecified atom stereocenters. The first-order valence-corrected chi connectivity index (χ1v) is 7.66. The van der Waals surface area contributed by atoms with Crippen molar-refractivity contribution in [2.75, 3.05) is 0 Å². The summed E-state index contributed by atoms with van der Waals surface area (Å²) in [6.07, 6.45) is 1.61. The number of rotatable bonds is 3. The highest BCUT2D eigenvalue weighted by atomic mass is 32.1. The highest BCUT2D eigenvalue weighted by Crippen LogP contribution is 2.33. The molecule has 0 aliphatic carbocycles. The smallest absolute Gasteiger partial charge is 0.301 e. The molecule has 21 heavy (non-hydrogen) atoms. The summed E-state index contributed by atoms with van der Waals surface area (Å²) in [5, 5.41) is 2.01. The number of hydrogen-bond acceptors (Lipinski definition) is 5. The molecule has 2 heterocycles. The number of benzene rings is 1. The molecule has 108 valence electrons. The van der Waals surface area contributed by atoms with E-state index in [1.54, 1.807) is 23.7 Å². The van der Waals surface area contributed by atoms with E-state index in [0.29, 0.717) is 20.5 Å². The van der Waals surface area contributed by atoms with Gasteiger partial charge in [-0.05, 0) is 12.1 Å². The van der Waals surface area contributed by atoms with Crippen LogP contribution < -0.4 is 16.1 Å². The molecule has 0 bridgehead atoms. The van der Waals surface area contributed by atoms with Gasteiger partial charge in [0.05, 0.1) is 11.4 Å². The molecule has 0 saturated carbocycles. The van der Waals surface area contributed by atoms with Gasteiger partial charge in [0.25, 0.3) is 5.91 Å². The summed E-state index contributed by atoms with van der Waals surface area (Å²) in [5.41, 5.74) is 2.53. The Labute approximate surface area is 126 Å². The Bertz CT molecular complexity index is 881. The SMILES string of the molecule is NNC(=O)c1sc2cccc(F)c2c1Cn1ccsc1=O. The van der Waals surface area contributed by atoms with Crippen LogP contribution in [0, 0.1) is 5.82 Å². The third-order valence-corrected chi connectivity index (χ3v) is 4.96. The highest BCUT2D eigenvalue weighted by Gasteiger charge is 2.20. The van der Waals surface area contributed by atoms with Crippen molar-refractivity contribution in [3.05, 3.63) is 55.7 Å². The molecule has 0 spiro atoms. The number of thiazole rings is 1. The zero-order chi connectivity index (χ0) is 15.0.